The van der Waals surface area contributed by atoms with E-state index in [0.29, 0.717) is 110 Å². The molecule has 24 nitrogen and oxygen atoms in total. The summed E-state index contributed by atoms with van der Waals surface area (Å²) in [7, 11) is 4.66. The van der Waals surface area contributed by atoms with Gasteiger partial charge in [-0.25, -0.2) is 0 Å². The maximum atomic E-state index is 14.2. The number of methoxy groups -OCH3 is 3. The van der Waals surface area contributed by atoms with Gasteiger partial charge in [0.1, 0.15) is 5.75 Å². The zero-order valence-corrected chi connectivity index (χ0v) is 59.9. The molecule has 5 aliphatic heterocycles. The Balaban J connectivity index is 0.536. The molecule has 5 aliphatic rings. The predicted octanol–water partition coefficient (Wildman–Crippen LogP) is 10.5. The first-order valence-electron chi connectivity index (χ1n) is 35.4. The van der Waals surface area contributed by atoms with Crippen molar-refractivity contribution in [3.63, 3.8) is 0 Å². The quantitative estimate of drug-likeness (QED) is 0.0244. The molecule has 0 saturated carbocycles. The maximum Gasteiger partial charge on any atom is 0.260 e. The minimum Gasteiger partial charge on any atom is -0.497 e. The van der Waals surface area contributed by atoms with Crippen molar-refractivity contribution in [3.8, 4) is 40.6 Å². The standard InChI is InChI=1S/C81H88N8O16/c1-52(2)78(86-76(92)28-32-100-34-36-102-38-39-103-37-35-101-33-29-82-75(91)26-27-77(93)89-49-58-14-8-7-12-54(58)16-17-57-13-9-10-15-69(57)89)70(90)40-53(3)79(94)85-61-22-18-55(19-23-61)59-41-62-47-83-67-45-73(71(98-5)43-65(67)80(95)87(62)50-59)104-30-11-31-105-74-46-68-66(44-72(74)99-6)81(96)88-51-60(42-63(88)48-84-68)56-20-24-64(97-4)25-21-56/h7-10,12-15,18-25,43-48,50-53,62-63,78H,11,26-42,49H2,1-6H3,(H,82,91)(H,85,94)(H,86,92)/t53-,62+,63+,78+/m1/s1. The average Bonchev–Trinajstić information content (AvgIpc) is 1.65. The van der Waals surface area contributed by atoms with Crippen LogP contribution < -0.4 is 44.5 Å². The lowest BCUT2D eigenvalue weighted by atomic mass is 9.92. The van der Waals surface area contributed by atoms with Gasteiger partial charge >= 0.3 is 0 Å². The Morgan fingerprint density at radius 3 is 1.67 bits per heavy atom. The second kappa shape index (κ2) is 36.4. The zero-order chi connectivity index (χ0) is 73.8. The number of fused-ring (bicyclic) bond motifs is 6. The van der Waals surface area contributed by atoms with Gasteiger partial charge in [0.05, 0.1) is 140 Å². The van der Waals surface area contributed by atoms with Crippen LogP contribution in [0.4, 0.5) is 22.7 Å². The summed E-state index contributed by atoms with van der Waals surface area (Å²) in [6, 6.07) is 35.6. The van der Waals surface area contributed by atoms with Crippen LogP contribution in [0, 0.1) is 23.7 Å². The molecule has 4 atom stereocenters. The van der Waals surface area contributed by atoms with E-state index in [4.69, 9.17) is 52.6 Å². The van der Waals surface area contributed by atoms with Gasteiger partial charge in [-0.15, -0.1) is 0 Å². The number of ether oxygens (including phenoxy) is 9. The molecule has 0 radical (unpaired) electrons. The van der Waals surface area contributed by atoms with Crippen LogP contribution in [0.2, 0.25) is 0 Å². The third-order valence-corrected chi connectivity index (χ3v) is 18.4. The van der Waals surface area contributed by atoms with E-state index in [0.717, 1.165) is 50.4 Å². The molecule has 3 N–H and O–H groups in total. The molecular formula is C81H88N8O16. The molecule has 0 fully saturated rings. The maximum absolute atomic E-state index is 14.2. The number of ketones is 1. The molecule has 105 heavy (non-hydrogen) atoms. The molecule has 0 aromatic heterocycles. The van der Waals surface area contributed by atoms with E-state index in [1.165, 1.54) is 14.2 Å². The first kappa shape index (κ1) is 75.2. The van der Waals surface area contributed by atoms with E-state index in [1.807, 2.05) is 111 Å². The highest BCUT2D eigenvalue weighted by Crippen LogP contribution is 2.43. The fourth-order valence-electron chi connectivity index (χ4n) is 12.6. The highest BCUT2D eigenvalue weighted by Gasteiger charge is 2.36. The van der Waals surface area contributed by atoms with Crippen LogP contribution in [0.3, 0.4) is 0 Å². The van der Waals surface area contributed by atoms with Crippen molar-refractivity contribution in [2.75, 3.05) is 104 Å². The zero-order valence-electron chi connectivity index (χ0n) is 59.9. The number of nitrogens with one attached hydrogen (secondary N) is 3. The number of carbonyl (C=O) groups is 7. The van der Waals surface area contributed by atoms with Gasteiger partial charge in [0, 0.05) is 111 Å². The van der Waals surface area contributed by atoms with E-state index in [9.17, 15) is 33.6 Å². The van der Waals surface area contributed by atoms with E-state index in [-0.39, 0.29) is 125 Å². The Morgan fingerprint density at radius 2 is 1.10 bits per heavy atom. The highest BCUT2D eigenvalue weighted by atomic mass is 16.6. The Hall–Kier alpha value is -11.0. The Bertz CT molecular complexity index is 4350. The number of para-hydroxylation sites is 1. The van der Waals surface area contributed by atoms with E-state index >= 15 is 0 Å². The number of Topliss-reactive ketones (excluding diaryl/α,β-unsaturated/α-hetero) is 1. The lowest BCUT2D eigenvalue weighted by Crippen LogP contribution is -2.45. The summed E-state index contributed by atoms with van der Waals surface area (Å²) in [6.45, 7) is 8.75. The van der Waals surface area contributed by atoms with Crippen molar-refractivity contribution in [2.45, 2.75) is 90.4 Å². The van der Waals surface area contributed by atoms with Crippen LogP contribution in [0.15, 0.2) is 144 Å². The average molecular weight is 1430 g/mol. The molecule has 0 spiro atoms. The topological polar surface area (TPSA) is 273 Å². The Kier molecular flexibility index (Phi) is 26.1. The monoisotopic (exact) mass is 1430 g/mol. The number of nitrogens with zero attached hydrogens (tertiary/aromatic N) is 5. The highest BCUT2D eigenvalue weighted by molar-refractivity contribution is 6.07. The summed E-state index contributed by atoms with van der Waals surface area (Å²) in [5, 5.41) is 8.55. The lowest BCUT2D eigenvalue weighted by molar-refractivity contribution is -0.131. The number of carbonyl (C=O) groups excluding carboxylic acids is 7. The second-order valence-electron chi connectivity index (χ2n) is 26.0. The van der Waals surface area contributed by atoms with Crippen LogP contribution in [0.25, 0.3) is 11.1 Å². The molecule has 24 heteroatoms. The van der Waals surface area contributed by atoms with Gasteiger partial charge in [-0.1, -0.05) is 87.2 Å². The predicted molar refractivity (Wildman–Crippen MR) is 397 cm³/mol. The molecule has 6 aromatic rings. The third-order valence-electron chi connectivity index (χ3n) is 18.4. The summed E-state index contributed by atoms with van der Waals surface area (Å²) >= 11 is 0. The molecule has 6 aromatic carbocycles. The minimum absolute atomic E-state index is 0.0302. The summed E-state index contributed by atoms with van der Waals surface area (Å²) in [5.41, 5.74) is 9.29. The van der Waals surface area contributed by atoms with Gasteiger partial charge in [-0.2, -0.15) is 0 Å². The van der Waals surface area contributed by atoms with E-state index in [2.05, 4.69) is 27.8 Å². The van der Waals surface area contributed by atoms with Crippen LogP contribution in [-0.2, 0) is 49.5 Å². The molecule has 0 saturated heterocycles. The van der Waals surface area contributed by atoms with E-state index in [1.54, 1.807) is 77.6 Å². The number of hydrogen-bond acceptors (Lipinski definition) is 18. The summed E-state index contributed by atoms with van der Waals surface area (Å²) in [4.78, 5) is 109. The number of amides is 6. The third kappa shape index (κ3) is 19.5. The van der Waals surface area contributed by atoms with Gasteiger partial charge in [-0.05, 0) is 88.4 Å². The SMILES string of the molecule is COc1ccc(C2=CN3C(=O)c4cc(OC)c(OCCCOc5cc6c(cc5OC)C(=O)N5C=C(c7ccc(NC(=O)[C@H](C)CC(=O)[C@@H](NC(=O)CCOCCOCCOCCOCCNC(=O)CCC(=O)N8Cc9ccccc9C#Cc9ccccc98)C(C)C)cc7)C[C@H]5C=N6)cc4N=C[C@@H]3C2)cc1. The summed E-state index contributed by atoms with van der Waals surface area (Å²) in [6.07, 6.45) is 8.86. The fourth-order valence-corrected chi connectivity index (χ4v) is 12.6. The van der Waals surface area contributed by atoms with Gasteiger partial charge in [0.15, 0.2) is 28.8 Å². The van der Waals surface area contributed by atoms with Crippen molar-refractivity contribution >= 4 is 87.6 Å². The van der Waals surface area contributed by atoms with Crippen molar-refractivity contribution < 1.29 is 76.2 Å². The molecule has 0 unspecified atom stereocenters. The fraction of sp³-hybridized carbons (Fsp3) is 0.370. The number of anilines is 2. The van der Waals surface area contributed by atoms with Gasteiger partial charge < -0.3 is 73.3 Å². The molecule has 548 valence electrons. The van der Waals surface area contributed by atoms with Crippen molar-refractivity contribution in [2.24, 2.45) is 21.8 Å². The number of benzene rings is 6. The van der Waals surface area contributed by atoms with Crippen molar-refractivity contribution in [1.82, 2.24) is 20.4 Å². The smallest absolute Gasteiger partial charge is 0.260 e. The van der Waals surface area contributed by atoms with Gasteiger partial charge in [0.25, 0.3) is 11.8 Å². The number of hydrogen-bond donors (Lipinski definition) is 3. The van der Waals surface area contributed by atoms with Crippen LogP contribution in [0.1, 0.15) is 114 Å². The van der Waals surface area contributed by atoms with Crippen LogP contribution in [0.5, 0.6) is 28.7 Å². The van der Waals surface area contributed by atoms with Gasteiger partial charge in [-0.3, -0.25) is 43.5 Å². The number of rotatable bonds is 36. The molecule has 0 bridgehead atoms. The molecular weight excluding hydrogens is 1340 g/mol. The van der Waals surface area contributed by atoms with Crippen LogP contribution >= 0.6 is 0 Å². The molecule has 6 amide bonds. The molecule has 5 heterocycles. The lowest BCUT2D eigenvalue weighted by Gasteiger charge is -2.26. The first-order valence-corrected chi connectivity index (χ1v) is 35.4. The molecule has 11 rings (SSSR count). The molecule has 0 aliphatic carbocycles. The Morgan fingerprint density at radius 1 is 0.562 bits per heavy atom. The van der Waals surface area contributed by atoms with E-state index < -0.39 is 12.0 Å². The summed E-state index contributed by atoms with van der Waals surface area (Å²) < 4.78 is 51.4. The minimum atomic E-state index is -0.798. The van der Waals surface area contributed by atoms with Gasteiger partial charge in [0.2, 0.25) is 23.6 Å². The number of aliphatic imine (C=N–C) groups is 2. The summed E-state index contributed by atoms with van der Waals surface area (Å²) in [5.74, 6) is 6.03. The normalized spacial score (nSPS) is 15.8. The second-order valence-corrected chi connectivity index (χ2v) is 26.0. The van der Waals surface area contributed by atoms with Crippen LogP contribution in [-0.4, -0.2) is 176 Å². The first-order chi connectivity index (χ1) is 51.0. The van der Waals surface area contributed by atoms with Crippen molar-refractivity contribution in [1.29, 1.82) is 0 Å². The largest absolute Gasteiger partial charge is 0.497 e. The Labute approximate surface area is 611 Å². The van der Waals surface area contributed by atoms with Crippen molar-refractivity contribution in [3.05, 3.63) is 173 Å².